The van der Waals surface area contributed by atoms with Crippen molar-refractivity contribution in [3.05, 3.63) is 75.8 Å². The Morgan fingerprint density at radius 3 is 2.25 bits per heavy atom. The second-order valence-electron chi connectivity index (χ2n) is 5.46. The molecule has 0 heterocycles. The first kappa shape index (κ1) is 19.0. The maximum atomic E-state index is 12.0. The fraction of sp³-hybridized carbons (Fsp3) is 0.222. The molecule has 0 aliphatic carbocycles. The van der Waals surface area contributed by atoms with Crippen molar-refractivity contribution < 1.29 is 8.42 Å². The van der Waals surface area contributed by atoms with Crippen molar-refractivity contribution in [3.8, 4) is 0 Å². The van der Waals surface area contributed by atoms with Crippen LogP contribution >= 0.6 is 23.2 Å². The highest BCUT2D eigenvalue weighted by Gasteiger charge is 2.14. The van der Waals surface area contributed by atoms with E-state index >= 15 is 0 Å². The van der Waals surface area contributed by atoms with Crippen molar-refractivity contribution in [1.29, 1.82) is 0 Å². The van der Waals surface area contributed by atoms with Crippen LogP contribution in [-0.2, 0) is 16.4 Å². The summed E-state index contributed by atoms with van der Waals surface area (Å²) in [6.45, 7) is 0.735. The zero-order valence-corrected chi connectivity index (χ0v) is 15.7. The van der Waals surface area contributed by atoms with Crippen molar-refractivity contribution >= 4 is 39.3 Å². The molecule has 0 spiro atoms. The van der Waals surface area contributed by atoms with Crippen LogP contribution in [-0.4, -0.2) is 32.1 Å². The summed E-state index contributed by atoms with van der Waals surface area (Å²) in [5, 5.41) is 1.09. The van der Waals surface area contributed by atoms with Crippen molar-refractivity contribution in [2.24, 2.45) is 0 Å². The van der Waals surface area contributed by atoms with Crippen molar-refractivity contribution in [2.75, 3.05) is 19.3 Å². The molecule has 0 bridgehead atoms. The van der Waals surface area contributed by atoms with Gasteiger partial charge in [-0.2, -0.15) is 4.31 Å². The molecular weight excluding hydrogens is 365 g/mol. The smallest absolute Gasteiger partial charge is 0.211 e. The van der Waals surface area contributed by atoms with Gasteiger partial charge in [-0.3, -0.25) is 0 Å². The Hall–Kier alpha value is -1.33. The summed E-state index contributed by atoms with van der Waals surface area (Å²) < 4.78 is 25.4. The van der Waals surface area contributed by atoms with Crippen LogP contribution in [0.3, 0.4) is 0 Å². The molecule has 0 unspecified atom stereocenters. The second-order valence-corrected chi connectivity index (χ2v) is 8.32. The molecule has 6 heteroatoms. The van der Waals surface area contributed by atoms with E-state index in [0.29, 0.717) is 29.6 Å². The predicted molar refractivity (Wildman–Crippen MR) is 102 cm³/mol. The zero-order chi connectivity index (χ0) is 17.6. The van der Waals surface area contributed by atoms with Gasteiger partial charge in [0.25, 0.3) is 0 Å². The molecular formula is C18H19Cl2NO2S. The van der Waals surface area contributed by atoms with Gasteiger partial charge < -0.3 is 0 Å². The Kier molecular flexibility index (Phi) is 6.87. The molecule has 2 aromatic carbocycles. The number of hydrogen-bond donors (Lipinski definition) is 0. The summed E-state index contributed by atoms with van der Waals surface area (Å²) in [5.74, 6) is 0. The molecule has 0 aliphatic heterocycles. The third-order valence-corrected chi connectivity index (χ3v) is 5.17. The lowest BCUT2D eigenvalue weighted by atomic mass is 10.1. The van der Waals surface area contributed by atoms with E-state index < -0.39 is 10.0 Å². The van der Waals surface area contributed by atoms with Gasteiger partial charge in [-0.05, 0) is 35.7 Å². The number of nitrogens with zero attached hydrogens (tertiary/aromatic N) is 1. The molecule has 0 N–H and O–H groups in total. The molecule has 0 aromatic heterocycles. The highest BCUT2D eigenvalue weighted by molar-refractivity contribution is 7.88. The van der Waals surface area contributed by atoms with Crippen LogP contribution in [0.15, 0.2) is 54.6 Å². The fourth-order valence-corrected chi connectivity index (χ4v) is 3.59. The van der Waals surface area contributed by atoms with E-state index in [-0.39, 0.29) is 0 Å². The Labute approximate surface area is 153 Å². The number of halogens is 2. The summed E-state index contributed by atoms with van der Waals surface area (Å²) in [5.41, 5.74) is 1.95. The minimum atomic E-state index is -3.28. The lowest BCUT2D eigenvalue weighted by Gasteiger charge is -2.18. The molecule has 0 saturated carbocycles. The Morgan fingerprint density at radius 2 is 1.67 bits per heavy atom. The van der Waals surface area contributed by atoms with Crippen LogP contribution in [0.2, 0.25) is 10.0 Å². The maximum absolute atomic E-state index is 12.0. The van der Waals surface area contributed by atoms with Crippen molar-refractivity contribution in [2.45, 2.75) is 6.42 Å². The largest absolute Gasteiger partial charge is 0.212 e. The van der Waals surface area contributed by atoms with E-state index in [4.69, 9.17) is 23.2 Å². The minimum Gasteiger partial charge on any atom is -0.212 e. The van der Waals surface area contributed by atoms with Gasteiger partial charge in [0.15, 0.2) is 0 Å². The van der Waals surface area contributed by atoms with Crippen LogP contribution in [0.25, 0.3) is 6.08 Å². The average Bonchev–Trinajstić information content (AvgIpc) is 2.49. The molecule has 0 fully saturated rings. The van der Waals surface area contributed by atoms with Crippen LogP contribution in [0, 0.1) is 0 Å². The standard InChI is InChI=1S/C18H19Cl2NO2S/c1-24(22,23)21(11-9-15-6-3-2-4-7-15)10-5-8-16-12-17(19)14-18(20)13-16/h2-8,12-14H,9-11H2,1H3. The molecule has 2 rings (SSSR count). The monoisotopic (exact) mass is 383 g/mol. The highest BCUT2D eigenvalue weighted by Crippen LogP contribution is 2.20. The van der Waals surface area contributed by atoms with Crippen LogP contribution < -0.4 is 0 Å². The van der Waals surface area contributed by atoms with E-state index in [1.807, 2.05) is 36.4 Å². The third kappa shape index (κ3) is 6.29. The first-order valence-corrected chi connectivity index (χ1v) is 10.1. The number of hydrogen-bond acceptors (Lipinski definition) is 2. The summed E-state index contributed by atoms with van der Waals surface area (Å²) >= 11 is 11.9. The summed E-state index contributed by atoms with van der Waals surface area (Å²) in [6, 6.07) is 15.0. The van der Waals surface area contributed by atoms with E-state index in [1.165, 1.54) is 10.6 Å². The second kappa shape index (κ2) is 8.67. The third-order valence-electron chi connectivity index (χ3n) is 3.47. The molecule has 0 saturated heterocycles. The number of rotatable bonds is 7. The maximum Gasteiger partial charge on any atom is 0.211 e. The Bertz CT molecular complexity index is 785. The minimum absolute atomic E-state index is 0.301. The fourth-order valence-electron chi connectivity index (χ4n) is 2.27. The normalized spacial score (nSPS) is 12.2. The molecule has 24 heavy (non-hydrogen) atoms. The van der Waals surface area contributed by atoms with Crippen LogP contribution in [0.5, 0.6) is 0 Å². The molecule has 128 valence electrons. The zero-order valence-electron chi connectivity index (χ0n) is 13.3. The van der Waals surface area contributed by atoms with Crippen molar-refractivity contribution in [3.63, 3.8) is 0 Å². The topological polar surface area (TPSA) is 37.4 Å². The number of benzene rings is 2. The van der Waals surface area contributed by atoms with Gasteiger partial charge in [0.05, 0.1) is 6.26 Å². The van der Waals surface area contributed by atoms with Gasteiger partial charge in [-0.15, -0.1) is 0 Å². The molecule has 0 radical (unpaired) electrons. The molecule has 2 aromatic rings. The van der Waals surface area contributed by atoms with Gasteiger partial charge in [0.2, 0.25) is 10.0 Å². The molecule has 0 aliphatic rings. The van der Waals surface area contributed by atoms with Gasteiger partial charge in [0.1, 0.15) is 0 Å². The Balaban J connectivity index is 2.02. The van der Waals surface area contributed by atoms with Crippen molar-refractivity contribution in [1.82, 2.24) is 4.31 Å². The predicted octanol–water partition coefficient (Wildman–Crippen LogP) is 4.51. The highest BCUT2D eigenvalue weighted by atomic mass is 35.5. The quantitative estimate of drug-likeness (QED) is 0.704. The first-order chi connectivity index (χ1) is 11.3. The van der Waals surface area contributed by atoms with Gasteiger partial charge in [0, 0.05) is 23.1 Å². The summed E-state index contributed by atoms with van der Waals surface area (Å²) in [7, 11) is -3.28. The van der Waals surface area contributed by atoms with E-state index in [9.17, 15) is 8.42 Å². The van der Waals surface area contributed by atoms with Gasteiger partial charge in [-0.25, -0.2) is 8.42 Å². The average molecular weight is 384 g/mol. The number of sulfonamides is 1. The van der Waals surface area contributed by atoms with Crippen LogP contribution in [0.1, 0.15) is 11.1 Å². The summed E-state index contributed by atoms with van der Waals surface area (Å²) in [4.78, 5) is 0. The Morgan fingerprint density at radius 1 is 1.04 bits per heavy atom. The molecule has 0 atom stereocenters. The molecule has 0 amide bonds. The lowest BCUT2D eigenvalue weighted by molar-refractivity contribution is 0.450. The van der Waals surface area contributed by atoms with Gasteiger partial charge >= 0.3 is 0 Å². The first-order valence-electron chi connectivity index (χ1n) is 7.46. The van der Waals surface area contributed by atoms with Gasteiger partial charge in [-0.1, -0.05) is 65.7 Å². The van der Waals surface area contributed by atoms with Crippen LogP contribution in [0.4, 0.5) is 0 Å². The summed E-state index contributed by atoms with van der Waals surface area (Å²) in [6.07, 6.45) is 5.51. The van der Waals surface area contributed by atoms with E-state index in [1.54, 1.807) is 24.3 Å². The SMILES string of the molecule is CS(=O)(=O)N(CC=Cc1cc(Cl)cc(Cl)c1)CCc1ccccc1. The molecule has 3 nitrogen and oxygen atoms in total. The van der Waals surface area contributed by atoms with E-state index in [0.717, 1.165) is 11.1 Å². The lowest BCUT2D eigenvalue weighted by Crippen LogP contribution is -2.32. The van der Waals surface area contributed by atoms with E-state index in [2.05, 4.69) is 0 Å².